The average molecular weight is 347 g/mol. The number of aromatic nitrogens is 3. The number of imidazole rings is 1. The second-order valence-electron chi connectivity index (χ2n) is 4.64. The van der Waals surface area contributed by atoms with Crippen LogP contribution in [0.3, 0.4) is 0 Å². The van der Waals surface area contributed by atoms with Gasteiger partial charge in [-0.05, 0) is 28.0 Å². The third-order valence-electron chi connectivity index (χ3n) is 3.48. The van der Waals surface area contributed by atoms with Crippen LogP contribution in [0.15, 0.2) is 44.8 Å². The number of benzene rings is 1. The predicted molar refractivity (Wildman–Crippen MR) is 83.8 cm³/mol. The van der Waals surface area contributed by atoms with Crippen LogP contribution < -0.4 is 5.56 Å². The average Bonchev–Trinajstić information content (AvgIpc) is 2.91. The molecule has 0 saturated heterocycles. The largest absolute Gasteiger partial charge is 0.317 e. The van der Waals surface area contributed by atoms with E-state index >= 15 is 0 Å². The number of hydrogen-bond acceptors (Lipinski definition) is 4. The van der Waals surface area contributed by atoms with Crippen LogP contribution >= 0.6 is 15.9 Å². The summed E-state index contributed by atoms with van der Waals surface area (Å²) >= 11 is 3.25. The zero-order valence-electron chi connectivity index (χ0n) is 11.4. The SMILES string of the molecule is Cc1c(Br)c(=O)n2c(N=O)c(-c3ccccc3)nc2n1C. The Morgan fingerprint density at radius 1 is 1.24 bits per heavy atom. The van der Waals surface area contributed by atoms with E-state index in [1.54, 1.807) is 18.5 Å². The van der Waals surface area contributed by atoms with Crippen LogP contribution in [0.2, 0.25) is 0 Å². The molecular formula is C14H11BrN4O2. The molecule has 0 aliphatic carbocycles. The van der Waals surface area contributed by atoms with Gasteiger partial charge in [0, 0.05) is 18.3 Å². The molecule has 2 heterocycles. The molecule has 0 bridgehead atoms. The fraction of sp³-hybridized carbons (Fsp3) is 0.143. The van der Waals surface area contributed by atoms with E-state index in [2.05, 4.69) is 26.1 Å². The zero-order valence-corrected chi connectivity index (χ0v) is 13.0. The van der Waals surface area contributed by atoms with Gasteiger partial charge in [0.1, 0.15) is 10.2 Å². The Kier molecular flexibility index (Phi) is 3.21. The fourth-order valence-corrected chi connectivity index (χ4v) is 2.68. The summed E-state index contributed by atoms with van der Waals surface area (Å²) < 4.78 is 3.36. The predicted octanol–water partition coefficient (Wildman–Crippen LogP) is 3.17. The quantitative estimate of drug-likeness (QED) is 0.669. The minimum absolute atomic E-state index is 0.0116. The molecule has 0 aliphatic rings. The Morgan fingerprint density at radius 2 is 1.90 bits per heavy atom. The molecule has 0 N–H and O–H groups in total. The van der Waals surface area contributed by atoms with Gasteiger partial charge in [-0.3, -0.25) is 4.79 Å². The van der Waals surface area contributed by atoms with Crippen LogP contribution in [0.5, 0.6) is 0 Å². The minimum atomic E-state index is -0.343. The first-order valence-corrected chi connectivity index (χ1v) is 7.02. The van der Waals surface area contributed by atoms with Crippen LogP contribution in [0, 0.1) is 11.8 Å². The van der Waals surface area contributed by atoms with Gasteiger partial charge in [-0.2, -0.15) is 0 Å². The van der Waals surface area contributed by atoms with Gasteiger partial charge in [-0.15, -0.1) is 4.91 Å². The first-order valence-electron chi connectivity index (χ1n) is 6.22. The molecule has 0 unspecified atom stereocenters. The molecule has 0 spiro atoms. The lowest BCUT2D eigenvalue weighted by molar-refractivity contribution is 0.819. The van der Waals surface area contributed by atoms with Crippen molar-refractivity contribution in [3.05, 3.63) is 55.8 Å². The second kappa shape index (κ2) is 4.92. The molecule has 0 saturated carbocycles. The first-order chi connectivity index (χ1) is 10.1. The Morgan fingerprint density at radius 3 is 2.52 bits per heavy atom. The summed E-state index contributed by atoms with van der Waals surface area (Å²) in [5.41, 5.74) is 1.53. The van der Waals surface area contributed by atoms with E-state index in [9.17, 15) is 9.70 Å². The maximum atomic E-state index is 12.4. The number of fused-ring (bicyclic) bond motifs is 1. The Labute approximate surface area is 128 Å². The highest BCUT2D eigenvalue weighted by atomic mass is 79.9. The molecule has 6 nitrogen and oxygen atoms in total. The van der Waals surface area contributed by atoms with Crippen LogP contribution in [0.25, 0.3) is 17.0 Å². The number of nitrogens with zero attached hydrogens (tertiary/aromatic N) is 4. The fourth-order valence-electron chi connectivity index (χ4n) is 2.24. The van der Waals surface area contributed by atoms with Crippen LogP contribution in [-0.4, -0.2) is 14.0 Å². The van der Waals surface area contributed by atoms with Crippen LogP contribution in [-0.2, 0) is 7.05 Å². The number of nitroso groups, excluding NO2 is 1. The summed E-state index contributed by atoms with van der Waals surface area (Å²) in [6.07, 6.45) is 0. The molecule has 0 amide bonds. The molecule has 1 aromatic carbocycles. The molecule has 0 aliphatic heterocycles. The topological polar surface area (TPSA) is 68.7 Å². The summed E-state index contributed by atoms with van der Waals surface area (Å²) in [5, 5.41) is 3.02. The highest BCUT2D eigenvalue weighted by Crippen LogP contribution is 2.30. The lowest BCUT2D eigenvalue weighted by Gasteiger charge is -2.07. The van der Waals surface area contributed by atoms with Gasteiger partial charge in [0.25, 0.3) is 5.56 Å². The molecular weight excluding hydrogens is 336 g/mol. The lowest BCUT2D eigenvalue weighted by Crippen LogP contribution is -2.19. The molecule has 0 atom stereocenters. The Bertz CT molecular complexity index is 912. The molecule has 0 radical (unpaired) electrons. The van der Waals surface area contributed by atoms with E-state index in [4.69, 9.17) is 0 Å². The van der Waals surface area contributed by atoms with Gasteiger partial charge in [0.05, 0.1) is 0 Å². The third-order valence-corrected chi connectivity index (χ3v) is 4.39. The van der Waals surface area contributed by atoms with Crippen molar-refractivity contribution in [2.75, 3.05) is 0 Å². The van der Waals surface area contributed by atoms with Crippen molar-refractivity contribution in [2.45, 2.75) is 6.92 Å². The van der Waals surface area contributed by atoms with Crippen molar-refractivity contribution in [2.24, 2.45) is 12.2 Å². The third kappa shape index (κ3) is 1.92. The summed E-state index contributed by atoms with van der Waals surface area (Å²) in [7, 11) is 1.78. The van der Waals surface area contributed by atoms with E-state index in [0.717, 1.165) is 11.3 Å². The van der Waals surface area contributed by atoms with Gasteiger partial charge >= 0.3 is 0 Å². The normalized spacial score (nSPS) is 11.0. The number of halogens is 1. The maximum Gasteiger partial charge on any atom is 0.275 e. The zero-order chi connectivity index (χ0) is 15.1. The van der Waals surface area contributed by atoms with E-state index < -0.39 is 0 Å². The standard InChI is InChI=1S/C14H11BrN4O2/c1-8-10(15)13(20)19-12(17-21)11(16-14(19)18(8)2)9-6-4-3-5-7-9/h3-7H,1-2H3. The summed E-state index contributed by atoms with van der Waals surface area (Å²) in [6.45, 7) is 1.80. The van der Waals surface area contributed by atoms with Crippen molar-refractivity contribution >= 4 is 27.5 Å². The van der Waals surface area contributed by atoms with Gasteiger partial charge in [0.2, 0.25) is 11.6 Å². The van der Waals surface area contributed by atoms with Gasteiger partial charge in [-0.25, -0.2) is 9.38 Å². The van der Waals surface area contributed by atoms with Crippen molar-refractivity contribution in [1.29, 1.82) is 0 Å². The minimum Gasteiger partial charge on any atom is -0.317 e. The molecule has 0 fully saturated rings. The smallest absolute Gasteiger partial charge is 0.275 e. The van der Waals surface area contributed by atoms with Crippen molar-refractivity contribution < 1.29 is 0 Å². The van der Waals surface area contributed by atoms with Gasteiger partial charge in [0.15, 0.2) is 0 Å². The van der Waals surface area contributed by atoms with E-state index in [1.165, 1.54) is 4.40 Å². The van der Waals surface area contributed by atoms with E-state index in [1.807, 2.05) is 30.3 Å². The molecule has 21 heavy (non-hydrogen) atoms. The number of rotatable bonds is 2. The number of aryl methyl sites for hydroxylation is 1. The maximum absolute atomic E-state index is 12.4. The summed E-state index contributed by atoms with van der Waals surface area (Å²) in [6, 6.07) is 9.19. The molecule has 3 rings (SSSR count). The van der Waals surface area contributed by atoms with Crippen molar-refractivity contribution in [1.82, 2.24) is 14.0 Å². The van der Waals surface area contributed by atoms with Crippen molar-refractivity contribution in [3.8, 4) is 11.3 Å². The molecule has 2 aromatic heterocycles. The summed E-state index contributed by atoms with van der Waals surface area (Å²) in [5.74, 6) is 0.395. The molecule has 3 aromatic rings. The van der Waals surface area contributed by atoms with Gasteiger partial charge in [-0.1, -0.05) is 30.3 Å². The summed E-state index contributed by atoms with van der Waals surface area (Å²) in [4.78, 5) is 28.1. The monoisotopic (exact) mass is 346 g/mol. The van der Waals surface area contributed by atoms with Gasteiger partial charge < -0.3 is 4.57 Å². The van der Waals surface area contributed by atoms with Crippen molar-refractivity contribution in [3.63, 3.8) is 0 Å². The van der Waals surface area contributed by atoms with Crippen LogP contribution in [0.4, 0.5) is 5.82 Å². The molecule has 7 heteroatoms. The lowest BCUT2D eigenvalue weighted by atomic mass is 10.1. The number of hydrogen-bond donors (Lipinski definition) is 0. The second-order valence-corrected chi connectivity index (χ2v) is 5.43. The van der Waals surface area contributed by atoms with Crippen LogP contribution in [0.1, 0.15) is 5.69 Å². The van der Waals surface area contributed by atoms with E-state index in [0.29, 0.717) is 15.9 Å². The highest BCUT2D eigenvalue weighted by molar-refractivity contribution is 9.10. The van der Waals surface area contributed by atoms with E-state index in [-0.39, 0.29) is 11.4 Å². The molecule has 106 valence electrons. The Balaban J connectivity index is 2.51. The highest BCUT2D eigenvalue weighted by Gasteiger charge is 2.21. The Hall–Kier alpha value is -2.28. The first kappa shape index (κ1) is 13.7.